The Balaban J connectivity index is 1.59. The number of nitrogens with one attached hydrogen (secondary N) is 2. The van der Waals surface area contributed by atoms with Gasteiger partial charge in [0.25, 0.3) is 0 Å². The Morgan fingerprint density at radius 2 is 1.67 bits per heavy atom. The van der Waals surface area contributed by atoms with Gasteiger partial charge >= 0.3 is 6.18 Å². The summed E-state index contributed by atoms with van der Waals surface area (Å²) in [5.41, 5.74) is 0.388. The molecule has 1 heterocycles. The minimum atomic E-state index is -4.46. The van der Waals surface area contributed by atoms with Gasteiger partial charge in [-0.2, -0.15) is 23.3 Å². The lowest BCUT2D eigenvalue weighted by Gasteiger charge is -2.14. The first kappa shape index (κ1) is 18.6. The third-order valence-electron chi connectivity index (χ3n) is 3.82. The van der Waals surface area contributed by atoms with E-state index in [1.54, 1.807) is 0 Å². The van der Waals surface area contributed by atoms with Crippen LogP contribution in [0.4, 0.5) is 30.6 Å². The molecule has 0 atom stereocenters. The Bertz CT molecular complexity index is 868. The Morgan fingerprint density at radius 3 is 2.44 bits per heavy atom. The van der Waals surface area contributed by atoms with Crippen LogP contribution in [0.25, 0.3) is 0 Å². The number of halogens is 3. The number of rotatable bonds is 7. The van der Waals surface area contributed by atoms with Gasteiger partial charge in [0.1, 0.15) is 0 Å². The van der Waals surface area contributed by atoms with Crippen LogP contribution in [0.3, 0.4) is 0 Å². The van der Waals surface area contributed by atoms with Crippen molar-refractivity contribution in [3.8, 4) is 0 Å². The zero-order chi connectivity index (χ0) is 19.1. The van der Waals surface area contributed by atoms with Gasteiger partial charge in [0.2, 0.25) is 5.95 Å². The molecule has 2 aromatic carbocycles. The average Bonchev–Trinajstić information content (AvgIpc) is 2.66. The second-order valence-corrected chi connectivity index (χ2v) is 5.85. The summed E-state index contributed by atoms with van der Waals surface area (Å²) < 4.78 is 39.2. The molecular weight excluding hydrogens is 355 g/mol. The maximum absolute atomic E-state index is 13.1. The predicted molar refractivity (Wildman–Crippen MR) is 97.8 cm³/mol. The van der Waals surface area contributed by atoms with Gasteiger partial charge in [-0.1, -0.05) is 42.5 Å². The highest BCUT2D eigenvalue weighted by atomic mass is 19.4. The molecule has 2 N–H and O–H groups in total. The van der Waals surface area contributed by atoms with Crippen LogP contribution >= 0.6 is 0 Å². The number of aromatic nitrogens is 3. The summed E-state index contributed by atoms with van der Waals surface area (Å²) in [6.45, 7) is 0.624. The Labute approximate surface area is 154 Å². The fraction of sp³-hybridized carbons (Fsp3) is 0.211. The molecular formula is C19H18F3N5. The number of hydrogen-bond acceptors (Lipinski definition) is 5. The monoisotopic (exact) mass is 373 g/mol. The smallest absolute Gasteiger partial charge is 0.353 e. The molecule has 0 aliphatic carbocycles. The first-order valence-corrected chi connectivity index (χ1v) is 8.43. The van der Waals surface area contributed by atoms with Gasteiger partial charge < -0.3 is 10.6 Å². The van der Waals surface area contributed by atoms with E-state index in [4.69, 9.17) is 0 Å². The molecule has 0 unspecified atom stereocenters. The third-order valence-corrected chi connectivity index (χ3v) is 3.82. The van der Waals surface area contributed by atoms with E-state index in [1.165, 1.54) is 30.0 Å². The van der Waals surface area contributed by atoms with Crippen molar-refractivity contribution in [1.29, 1.82) is 0 Å². The van der Waals surface area contributed by atoms with E-state index in [9.17, 15) is 13.2 Å². The van der Waals surface area contributed by atoms with Gasteiger partial charge in [-0.05, 0) is 30.5 Å². The molecule has 0 aliphatic rings. The van der Waals surface area contributed by atoms with E-state index >= 15 is 0 Å². The molecule has 0 fully saturated rings. The standard InChI is InChI=1S/C19H18F3N5/c20-19(21,22)15-10-4-5-11-16(15)25-17-13-24-27-18(26-17)23-12-6-9-14-7-2-1-3-8-14/h1-5,7-8,10-11,13H,6,9,12H2,(H2,23,25,26,27). The Hall–Kier alpha value is -3.16. The number of hydrogen-bond donors (Lipinski definition) is 2. The largest absolute Gasteiger partial charge is 0.418 e. The molecule has 1 aromatic heterocycles. The van der Waals surface area contributed by atoms with Crippen LogP contribution in [0, 0.1) is 0 Å². The van der Waals surface area contributed by atoms with E-state index in [0.717, 1.165) is 18.9 Å². The van der Waals surface area contributed by atoms with E-state index in [-0.39, 0.29) is 17.5 Å². The lowest BCUT2D eigenvalue weighted by molar-refractivity contribution is -0.136. The van der Waals surface area contributed by atoms with Gasteiger partial charge in [0.15, 0.2) is 5.82 Å². The first-order valence-electron chi connectivity index (χ1n) is 8.43. The molecule has 8 heteroatoms. The molecule has 3 rings (SSSR count). The lowest BCUT2D eigenvalue weighted by Crippen LogP contribution is -2.11. The lowest BCUT2D eigenvalue weighted by atomic mass is 10.1. The molecule has 140 valence electrons. The van der Waals surface area contributed by atoms with Gasteiger partial charge in [0.05, 0.1) is 17.4 Å². The summed E-state index contributed by atoms with van der Waals surface area (Å²) in [4.78, 5) is 4.17. The molecule has 3 aromatic rings. The van der Waals surface area contributed by atoms with Crippen LogP contribution in [-0.2, 0) is 12.6 Å². The summed E-state index contributed by atoms with van der Waals surface area (Å²) in [5.74, 6) is 0.449. The summed E-state index contributed by atoms with van der Waals surface area (Å²) in [6, 6.07) is 15.3. The average molecular weight is 373 g/mol. The van der Waals surface area contributed by atoms with E-state index < -0.39 is 11.7 Å². The van der Waals surface area contributed by atoms with Crippen molar-refractivity contribution in [2.24, 2.45) is 0 Å². The SMILES string of the molecule is FC(F)(F)c1ccccc1Nc1cnnc(NCCCc2ccccc2)n1. The maximum Gasteiger partial charge on any atom is 0.418 e. The second-order valence-electron chi connectivity index (χ2n) is 5.85. The van der Waals surface area contributed by atoms with Crippen LogP contribution in [0.1, 0.15) is 17.5 Å². The fourth-order valence-corrected chi connectivity index (χ4v) is 2.55. The summed E-state index contributed by atoms with van der Waals surface area (Å²) in [5, 5.41) is 13.4. The number of aryl methyl sites for hydroxylation is 1. The van der Waals surface area contributed by atoms with Crippen LogP contribution in [-0.4, -0.2) is 21.7 Å². The molecule has 27 heavy (non-hydrogen) atoms. The van der Waals surface area contributed by atoms with Crippen LogP contribution in [0.5, 0.6) is 0 Å². The molecule has 0 radical (unpaired) electrons. The fourth-order valence-electron chi connectivity index (χ4n) is 2.55. The highest BCUT2D eigenvalue weighted by Gasteiger charge is 2.33. The molecule has 0 bridgehead atoms. The Morgan fingerprint density at radius 1 is 0.926 bits per heavy atom. The molecule has 0 saturated heterocycles. The van der Waals surface area contributed by atoms with Crippen LogP contribution in [0.15, 0.2) is 60.8 Å². The number of alkyl halides is 3. The number of benzene rings is 2. The minimum Gasteiger partial charge on any atom is -0.353 e. The molecule has 0 spiro atoms. The van der Waals surface area contributed by atoms with Crippen LogP contribution in [0.2, 0.25) is 0 Å². The summed E-state index contributed by atoms with van der Waals surface area (Å²) in [7, 11) is 0. The zero-order valence-electron chi connectivity index (χ0n) is 14.4. The minimum absolute atomic E-state index is 0.0828. The topological polar surface area (TPSA) is 62.7 Å². The molecule has 0 amide bonds. The van der Waals surface area contributed by atoms with Gasteiger partial charge in [-0.3, -0.25) is 0 Å². The van der Waals surface area contributed by atoms with Crippen molar-refractivity contribution < 1.29 is 13.2 Å². The van der Waals surface area contributed by atoms with Gasteiger partial charge in [0, 0.05) is 6.54 Å². The quantitative estimate of drug-likeness (QED) is 0.589. The van der Waals surface area contributed by atoms with E-state index in [2.05, 4.69) is 37.9 Å². The third kappa shape index (κ3) is 5.40. The maximum atomic E-state index is 13.1. The van der Waals surface area contributed by atoms with Crippen molar-refractivity contribution in [2.45, 2.75) is 19.0 Å². The van der Waals surface area contributed by atoms with Gasteiger partial charge in [-0.15, -0.1) is 5.10 Å². The van der Waals surface area contributed by atoms with Crippen molar-refractivity contribution >= 4 is 17.5 Å². The molecule has 0 aliphatic heterocycles. The molecule has 0 saturated carbocycles. The first-order chi connectivity index (χ1) is 13.0. The van der Waals surface area contributed by atoms with Crippen molar-refractivity contribution in [1.82, 2.24) is 15.2 Å². The van der Waals surface area contributed by atoms with Crippen molar-refractivity contribution in [3.05, 3.63) is 71.9 Å². The van der Waals surface area contributed by atoms with Gasteiger partial charge in [-0.25, -0.2) is 0 Å². The number of nitrogens with zero attached hydrogens (tertiary/aromatic N) is 3. The second kappa shape index (κ2) is 8.48. The highest BCUT2D eigenvalue weighted by Crippen LogP contribution is 2.35. The van der Waals surface area contributed by atoms with E-state index in [0.29, 0.717) is 6.54 Å². The summed E-state index contributed by atoms with van der Waals surface area (Å²) in [6.07, 6.45) is -1.41. The van der Waals surface area contributed by atoms with Crippen LogP contribution < -0.4 is 10.6 Å². The van der Waals surface area contributed by atoms with E-state index in [1.807, 2.05) is 18.2 Å². The van der Waals surface area contributed by atoms with Crippen molar-refractivity contribution in [3.63, 3.8) is 0 Å². The van der Waals surface area contributed by atoms with Crippen molar-refractivity contribution in [2.75, 3.05) is 17.2 Å². The number of anilines is 3. The predicted octanol–water partition coefficient (Wildman–Crippen LogP) is 4.68. The number of para-hydroxylation sites is 1. The molecule has 5 nitrogen and oxygen atoms in total. The highest BCUT2D eigenvalue weighted by molar-refractivity contribution is 5.61. The zero-order valence-corrected chi connectivity index (χ0v) is 14.4. The Kier molecular flexibility index (Phi) is 5.85. The summed E-state index contributed by atoms with van der Waals surface area (Å²) >= 11 is 0. The normalized spacial score (nSPS) is 11.2.